The molecule has 3 atom stereocenters. The van der Waals surface area contributed by atoms with Crippen molar-refractivity contribution in [2.45, 2.75) is 97.3 Å². The van der Waals surface area contributed by atoms with Gasteiger partial charge in [-0.3, -0.25) is 0 Å². The van der Waals surface area contributed by atoms with Crippen molar-refractivity contribution in [2.75, 3.05) is 0 Å². The Bertz CT molecular complexity index is 591. The molecule has 0 fully saturated rings. The molecule has 2 nitrogen and oxygen atoms in total. The summed E-state index contributed by atoms with van der Waals surface area (Å²) in [5.41, 5.74) is 2.10. The van der Waals surface area contributed by atoms with Gasteiger partial charge in [0.1, 0.15) is 5.75 Å². The summed E-state index contributed by atoms with van der Waals surface area (Å²) in [6, 6.07) is 4.06. The van der Waals surface area contributed by atoms with Gasteiger partial charge in [-0.05, 0) is 60.6 Å². The number of phenols is 1. The van der Waals surface area contributed by atoms with E-state index in [0.29, 0.717) is 16.9 Å². The van der Waals surface area contributed by atoms with Crippen molar-refractivity contribution in [1.82, 2.24) is 0 Å². The standard InChI is InChI=1S/C23H40O2S/c1-14(2)20(12-17(16(4)24)22(5,6)7)26-21-13-18(23(8,9)10)19(25)11-15(21)3/h11,13-14,16-17,20,24-25H,12H2,1-10H3. The maximum atomic E-state index is 10.4. The third-order valence-corrected chi connectivity index (χ3v) is 7.04. The third-order valence-electron chi connectivity index (χ3n) is 5.30. The van der Waals surface area contributed by atoms with E-state index in [2.05, 4.69) is 68.4 Å². The van der Waals surface area contributed by atoms with E-state index < -0.39 is 0 Å². The molecule has 0 aliphatic heterocycles. The molecule has 0 aliphatic carbocycles. The van der Waals surface area contributed by atoms with Gasteiger partial charge in [0, 0.05) is 15.7 Å². The van der Waals surface area contributed by atoms with Gasteiger partial charge in [0.05, 0.1) is 6.10 Å². The van der Waals surface area contributed by atoms with Gasteiger partial charge in [0.25, 0.3) is 0 Å². The van der Waals surface area contributed by atoms with Gasteiger partial charge in [-0.1, -0.05) is 55.4 Å². The molecule has 150 valence electrons. The number of rotatable bonds is 6. The fourth-order valence-electron chi connectivity index (χ4n) is 3.54. The Hall–Kier alpha value is -0.670. The van der Waals surface area contributed by atoms with Crippen LogP contribution >= 0.6 is 11.8 Å². The predicted molar refractivity (Wildman–Crippen MR) is 115 cm³/mol. The number of benzene rings is 1. The highest BCUT2D eigenvalue weighted by Gasteiger charge is 2.33. The largest absolute Gasteiger partial charge is 0.508 e. The molecule has 0 radical (unpaired) electrons. The molecule has 0 spiro atoms. The van der Waals surface area contributed by atoms with Crippen LogP contribution in [-0.4, -0.2) is 21.6 Å². The van der Waals surface area contributed by atoms with Crippen molar-refractivity contribution in [3.05, 3.63) is 23.3 Å². The second kappa shape index (κ2) is 8.56. The lowest BCUT2D eigenvalue weighted by molar-refractivity contribution is 0.0482. The van der Waals surface area contributed by atoms with Crippen LogP contribution in [0.1, 0.15) is 79.9 Å². The lowest BCUT2D eigenvalue weighted by Crippen LogP contribution is -2.34. The zero-order chi connectivity index (χ0) is 20.4. The van der Waals surface area contributed by atoms with E-state index >= 15 is 0 Å². The number of hydrogen-bond acceptors (Lipinski definition) is 3. The van der Waals surface area contributed by atoms with E-state index in [-0.39, 0.29) is 22.9 Å². The first-order chi connectivity index (χ1) is 11.6. The Labute approximate surface area is 165 Å². The van der Waals surface area contributed by atoms with Gasteiger partial charge >= 0.3 is 0 Å². The average molecular weight is 381 g/mol. The molecule has 1 aromatic carbocycles. The van der Waals surface area contributed by atoms with Crippen LogP contribution < -0.4 is 0 Å². The summed E-state index contributed by atoms with van der Waals surface area (Å²) in [7, 11) is 0. The van der Waals surface area contributed by atoms with E-state index in [1.165, 1.54) is 4.90 Å². The minimum absolute atomic E-state index is 0.0719. The third kappa shape index (κ3) is 6.20. The molecule has 1 aromatic rings. The summed E-state index contributed by atoms with van der Waals surface area (Å²) in [6.07, 6.45) is 0.664. The fraction of sp³-hybridized carbons (Fsp3) is 0.739. The Kier molecular flexibility index (Phi) is 7.69. The van der Waals surface area contributed by atoms with Crippen molar-refractivity contribution in [3.8, 4) is 5.75 Å². The summed E-state index contributed by atoms with van der Waals surface area (Å²) in [5, 5.41) is 21.1. The molecule has 0 amide bonds. The monoisotopic (exact) mass is 380 g/mol. The summed E-state index contributed by atoms with van der Waals surface area (Å²) in [5.74, 6) is 1.15. The molecule has 3 unspecified atom stereocenters. The van der Waals surface area contributed by atoms with Crippen molar-refractivity contribution in [1.29, 1.82) is 0 Å². The van der Waals surface area contributed by atoms with Gasteiger partial charge in [-0.25, -0.2) is 0 Å². The number of phenolic OH excluding ortho intramolecular Hbond substituents is 1. The lowest BCUT2D eigenvalue weighted by Gasteiger charge is -2.37. The van der Waals surface area contributed by atoms with Crippen LogP contribution in [-0.2, 0) is 5.41 Å². The molecule has 2 N–H and O–H groups in total. The first-order valence-electron chi connectivity index (χ1n) is 9.83. The maximum absolute atomic E-state index is 10.4. The normalized spacial score (nSPS) is 16.6. The van der Waals surface area contributed by atoms with E-state index in [1.54, 1.807) is 0 Å². The van der Waals surface area contributed by atoms with Crippen molar-refractivity contribution in [2.24, 2.45) is 17.3 Å². The molecular weight excluding hydrogens is 340 g/mol. The van der Waals surface area contributed by atoms with Crippen LogP contribution in [0.15, 0.2) is 17.0 Å². The number of thioether (sulfide) groups is 1. The van der Waals surface area contributed by atoms with E-state index in [4.69, 9.17) is 0 Å². The zero-order valence-corrected chi connectivity index (χ0v) is 19.3. The molecular formula is C23H40O2S. The van der Waals surface area contributed by atoms with Crippen LogP contribution in [0.2, 0.25) is 0 Å². The second-order valence-electron chi connectivity index (χ2n) is 10.2. The summed E-state index contributed by atoms with van der Waals surface area (Å²) in [6.45, 7) is 21.6. The van der Waals surface area contributed by atoms with Crippen molar-refractivity contribution >= 4 is 11.8 Å². The molecule has 0 saturated heterocycles. The molecule has 26 heavy (non-hydrogen) atoms. The van der Waals surface area contributed by atoms with Crippen LogP contribution in [0.3, 0.4) is 0 Å². The topological polar surface area (TPSA) is 40.5 Å². The van der Waals surface area contributed by atoms with Crippen molar-refractivity contribution < 1.29 is 10.2 Å². The quantitative estimate of drug-likeness (QED) is 0.550. The average Bonchev–Trinajstić information content (AvgIpc) is 2.41. The van der Waals surface area contributed by atoms with Crippen molar-refractivity contribution in [3.63, 3.8) is 0 Å². The van der Waals surface area contributed by atoms with Crippen LogP contribution in [0.5, 0.6) is 5.75 Å². The highest BCUT2D eigenvalue weighted by atomic mass is 32.2. The van der Waals surface area contributed by atoms with Gasteiger partial charge in [-0.15, -0.1) is 11.8 Å². The smallest absolute Gasteiger partial charge is 0.119 e. The molecule has 3 heteroatoms. The van der Waals surface area contributed by atoms with Crippen LogP contribution in [0.25, 0.3) is 0 Å². The Morgan fingerprint density at radius 2 is 1.54 bits per heavy atom. The fourth-order valence-corrected chi connectivity index (χ4v) is 4.88. The molecule has 0 saturated carbocycles. The number of aromatic hydroxyl groups is 1. The van der Waals surface area contributed by atoms with E-state index in [1.807, 2.05) is 24.8 Å². The predicted octanol–water partition coefficient (Wildman–Crippen LogP) is 6.55. The van der Waals surface area contributed by atoms with Gasteiger partial charge in [0.2, 0.25) is 0 Å². The minimum Gasteiger partial charge on any atom is -0.508 e. The lowest BCUT2D eigenvalue weighted by atomic mass is 9.74. The first-order valence-corrected chi connectivity index (χ1v) is 10.7. The minimum atomic E-state index is -0.317. The number of hydrogen-bond donors (Lipinski definition) is 2. The molecule has 0 heterocycles. The highest BCUT2D eigenvalue weighted by Crippen LogP contribution is 2.43. The Morgan fingerprint density at radius 1 is 1.00 bits per heavy atom. The van der Waals surface area contributed by atoms with Gasteiger partial charge in [-0.2, -0.15) is 0 Å². The molecule has 0 aromatic heterocycles. The zero-order valence-electron chi connectivity index (χ0n) is 18.5. The van der Waals surface area contributed by atoms with Crippen LogP contribution in [0, 0.1) is 24.2 Å². The maximum Gasteiger partial charge on any atom is 0.119 e. The molecule has 0 aliphatic rings. The van der Waals surface area contributed by atoms with E-state index in [9.17, 15) is 10.2 Å². The SMILES string of the molecule is Cc1cc(O)c(C(C)(C)C)cc1SC(CC(C(C)O)C(C)(C)C)C(C)C. The second-order valence-corrected chi connectivity index (χ2v) is 11.5. The molecule has 1 rings (SSSR count). The number of aryl methyl sites for hydroxylation is 1. The summed E-state index contributed by atoms with van der Waals surface area (Å²) in [4.78, 5) is 1.24. The van der Waals surface area contributed by atoms with Gasteiger partial charge < -0.3 is 10.2 Å². The first kappa shape index (κ1) is 23.4. The Balaban J connectivity index is 3.19. The van der Waals surface area contributed by atoms with Gasteiger partial charge in [0.15, 0.2) is 0 Å². The van der Waals surface area contributed by atoms with E-state index in [0.717, 1.165) is 17.5 Å². The Morgan fingerprint density at radius 3 is 1.92 bits per heavy atom. The van der Waals surface area contributed by atoms with Crippen LogP contribution in [0.4, 0.5) is 0 Å². The number of aliphatic hydroxyl groups excluding tert-OH is 1. The molecule has 0 bridgehead atoms. The highest BCUT2D eigenvalue weighted by molar-refractivity contribution is 8.00. The summed E-state index contributed by atoms with van der Waals surface area (Å²) < 4.78 is 0. The number of aliphatic hydroxyl groups is 1. The summed E-state index contributed by atoms with van der Waals surface area (Å²) >= 11 is 1.90.